The number of rotatable bonds is 5. The van der Waals surface area contributed by atoms with Crippen molar-refractivity contribution in [1.29, 1.82) is 0 Å². The van der Waals surface area contributed by atoms with Gasteiger partial charge in [-0.05, 0) is 53.9 Å². The topological polar surface area (TPSA) is 35.6 Å². The summed E-state index contributed by atoms with van der Waals surface area (Å²) in [6.07, 6.45) is 4.36. The zero-order valence-electron chi connectivity index (χ0n) is 17.0. The Bertz CT molecular complexity index is 809. The quantitative estimate of drug-likeness (QED) is 0.866. The number of carbonyl (C=O) groups excluding carboxylic acids is 1. The van der Waals surface area contributed by atoms with Crippen LogP contribution in [-0.2, 0) is 25.8 Å². The molecule has 1 heterocycles. The van der Waals surface area contributed by atoms with Crippen LogP contribution in [0.3, 0.4) is 0 Å². The van der Waals surface area contributed by atoms with E-state index in [9.17, 15) is 4.79 Å². The minimum atomic E-state index is 0.121. The Morgan fingerprint density at radius 1 is 0.893 bits per heavy atom. The first kappa shape index (κ1) is 19.0. The molecule has 1 aliphatic heterocycles. The highest BCUT2D eigenvalue weighted by Crippen LogP contribution is 2.28. The third kappa shape index (κ3) is 4.22. The second kappa shape index (κ2) is 8.36. The first-order chi connectivity index (χ1) is 13.6. The lowest BCUT2D eigenvalue weighted by Gasteiger charge is -2.32. The minimum Gasteiger partial charge on any atom is -0.328 e. The molecule has 0 saturated carbocycles. The molecule has 28 heavy (non-hydrogen) atoms. The van der Waals surface area contributed by atoms with Crippen molar-refractivity contribution in [2.75, 3.05) is 27.2 Å². The van der Waals surface area contributed by atoms with Crippen LogP contribution in [0.1, 0.15) is 28.7 Å². The van der Waals surface area contributed by atoms with E-state index in [1.54, 1.807) is 0 Å². The van der Waals surface area contributed by atoms with Gasteiger partial charge in [-0.3, -0.25) is 0 Å². The maximum atomic E-state index is 12.8. The number of benzene rings is 2. The van der Waals surface area contributed by atoms with Crippen molar-refractivity contribution < 1.29 is 4.79 Å². The molecule has 0 saturated heterocycles. The number of urea groups is 1. The zero-order valence-corrected chi connectivity index (χ0v) is 17.0. The van der Waals surface area contributed by atoms with E-state index >= 15 is 0 Å². The van der Waals surface area contributed by atoms with Crippen LogP contribution in [0.2, 0.25) is 0 Å². The third-order valence-electron chi connectivity index (χ3n) is 6.32. The molecular formula is C24H31N3O. The van der Waals surface area contributed by atoms with Crippen molar-refractivity contribution in [2.45, 2.75) is 38.3 Å². The molecule has 0 aromatic heterocycles. The van der Waals surface area contributed by atoms with E-state index < -0.39 is 0 Å². The molecule has 0 radical (unpaired) electrons. The van der Waals surface area contributed by atoms with Gasteiger partial charge in [0.2, 0.25) is 0 Å². The largest absolute Gasteiger partial charge is 0.328 e. The fraction of sp³-hybridized carbons (Fsp3) is 0.458. The highest BCUT2D eigenvalue weighted by molar-refractivity contribution is 5.73. The molecule has 0 spiro atoms. The molecule has 1 atom stereocenters. The van der Waals surface area contributed by atoms with Crippen LogP contribution in [0.25, 0.3) is 0 Å². The van der Waals surface area contributed by atoms with Gasteiger partial charge < -0.3 is 15.1 Å². The predicted octanol–water partition coefficient (Wildman–Crippen LogP) is 3.49. The Labute approximate surface area is 168 Å². The smallest absolute Gasteiger partial charge is 0.319 e. The molecule has 2 aromatic carbocycles. The summed E-state index contributed by atoms with van der Waals surface area (Å²) in [5.74, 6) is 0.662. The summed E-state index contributed by atoms with van der Waals surface area (Å²) in [6.45, 7) is 2.45. The van der Waals surface area contributed by atoms with E-state index in [0.29, 0.717) is 12.0 Å². The number of carbonyl (C=O) groups is 1. The lowest BCUT2D eigenvalue weighted by Crippen LogP contribution is -2.48. The summed E-state index contributed by atoms with van der Waals surface area (Å²) in [4.78, 5) is 16.6. The number of likely N-dealkylation sites (N-methyl/N-ethyl adjacent to an activating group) is 1. The molecule has 148 valence electrons. The molecule has 4 heteroatoms. The molecule has 2 amide bonds. The average molecular weight is 378 g/mol. The van der Waals surface area contributed by atoms with Crippen molar-refractivity contribution in [3.05, 3.63) is 70.8 Å². The maximum Gasteiger partial charge on any atom is 0.319 e. The first-order valence-electron chi connectivity index (χ1n) is 10.4. The summed E-state index contributed by atoms with van der Waals surface area (Å²) >= 11 is 0. The fourth-order valence-electron chi connectivity index (χ4n) is 4.68. The third-order valence-corrected chi connectivity index (χ3v) is 6.32. The van der Waals surface area contributed by atoms with Crippen molar-refractivity contribution in [3.8, 4) is 0 Å². The number of hydrogen-bond acceptors (Lipinski definition) is 2. The fourth-order valence-corrected chi connectivity index (χ4v) is 4.68. The molecule has 4 rings (SSSR count). The van der Waals surface area contributed by atoms with Gasteiger partial charge >= 0.3 is 6.03 Å². The Morgan fingerprint density at radius 2 is 1.46 bits per heavy atom. The van der Waals surface area contributed by atoms with E-state index in [1.165, 1.54) is 22.3 Å². The summed E-state index contributed by atoms with van der Waals surface area (Å²) < 4.78 is 0. The molecule has 1 aliphatic carbocycles. The van der Waals surface area contributed by atoms with Gasteiger partial charge in [0.25, 0.3) is 0 Å². The van der Waals surface area contributed by atoms with Gasteiger partial charge in [-0.2, -0.15) is 0 Å². The van der Waals surface area contributed by atoms with Gasteiger partial charge in [-0.25, -0.2) is 4.79 Å². The lowest BCUT2D eigenvalue weighted by atomic mass is 9.96. The molecule has 2 aliphatic rings. The summed E-state index contributed by atoms with van der Waals surface area (Å²) in [7, 11) is 3.86. The highest BCUT2D eigenvalue weighted by Gasteiger charge is 2.24. The predicted molar refractivity (Wildman–Crippen MR) is 113 cm³/mol. The Hall–Kier alpha value is -2.33. The maximum absolute atomic E-state index is 12.8. The van der Waals surface area contributed by atoms with Gasteiger partial charge in [0, 0.05) is 39.8 Å². The van der Waals surface area contributed by atoms with E-state index in [-0.39, 0.29) is 6.03 Å². The standard InChI is InChI=1S/C24H31N3O/c1-26(12-11-18-13-19-7-3-4-8-20(19)14-18)24(28)27(2)17-23-15-21-9-5-6-10-22(21)16-25-23/h3-10,18,23,25H,11-17H2,1-2H3/t23-/m0/s1. The molecule has 0 bridgehead atoms. The number of amides is 2. The Balaban J connectivity index is 1.24. The van der Waals surface area contributed by atoms with Gasteiger partial charge in [-0.15, -0.1) is 0 Å². The second-order valence-corrected chi connectivity index (χ2v) is 8.47. The molecular weight excluding hydrogens is 346 g/mol. The average Bonchev–Trinajstić information content (AvgIpc) is 3.14. The van der Waals surface area contributed by atoms with Crippen molar-refractivity contribution in [1.82, 2.24) is 15.1 Å². The SMILES string of the molecule is CN(CCC1Cc2ccccc2C1)C(=O)N(C)C[C@@H]1Cc2ccccc2CN1. The van der Waals surface area contributed by atoms with Gasteiger partial charge in [-0.1, -0.05) is 48.5 Å². The van der Waals surface area contributed by atoms with Crippen LogP contribution >= 0.6 is 0 Å². The monoisotopic (exact) mass is 377 g/mol. The normalized spacial score (nSPS) is 18.4. The molecule has 2 aromatic rings. The van der Waals surface area contributed by atoms with Crippen LogP contribution in [0, 0.1) is 5.92 Å². The van der Waals surface area contributed by atoms with Gasteiger partial charge in [0.15, 0.2) is 0 Å². The molecule has 0 unspecified atom stereocenters. The number of hydrogen-bond donors (Lipinski definition) is 1. The lowest BCUT2D eigenvalue weighted by molar-refractivity contribution is 0.165. The molecule has 4 nitrogen and oxygen atoms in total. The Kier molecular flexibility index (Phi) is 5.67. The number of fused-ring (bicyclic) bond motifs is 2. The number of nitrogens with one attached hydrogen (secondary N) is 1. The van der Waals surface area contributed by atoms with Crippen LogP contribution < -0.4 is 5.32 Å². The van der Waals surface area contributed by atoms with Crippen molar-refractivity contribution in [2.24, 2.45) is 5.92 Å². The van der Waals surface area contributed by atoms with E-state index in [0.717, 1.165) is 45.3 Å². The van der Waals surface area contributed by atoms with Crippen molar-refractivity contribution >= 4 is 6.03 Å². The molecule has 1 N–H and O–H groups in total. The van der Waals surface area contributed by atoms with Gasteiger partial charge in [0.1, 0.15) is 0 Å². The Morgan fingerprint density at radius 3 is 2.11 bits per heavy atom. The van der Waals surface area contributed by atoms with Crippen molar-refractivity contribution in [3.63, 3.8) is 0 Å². The second-order valence-electron chi connectivity index (χ2n) is 8.47. The van der Waals surface area contributed by atoms with E-state index in [1.807, 2.05) is 23.9 Å². The molecule has 0 fully saturated rings. The van der Waals surface area contributed by atoms with Crippen LogP contribution in [0.5, 0.6) is 0 Å². The van der Waals surface area contributed by atoms with Crippen LogP contribution in [0.15, 0.2) is 48.5 Å². The first-order valence-corrected chi connectivity index (χ1v) is 10.4. The van der Waals surface area contributed by atoms with E-state index in [4.69, 9.17) is 0 Å². The number of nitrogens with zero attached hydrogens (tertiary/aromatic N) is 2. The van der Waals surface area contributed by atoms with Crippen LogP contribution in [0.4, 0.5) is 4.79 Å². The summed E-state index contributed by atoms with van der Waals surface area (Å²) in [6, 6.07) is 17.8. The summed E-state index contributed by atoms with van der Waals surface area (Å²) in [5, 5.41) is 3.57. The van der Waals surface area contributed by atoms with Gasteiger partial charge in [0.05, 0.1) is 0 Å². The van der Waals surface area contributed by atoms with E-state index in [2.05, 4.69) is 53.8 Å². The van der Waals surface area contributed by atoms with Crippen LogP contribution in [-0.4, -0.2) is 49.1 Å². The minimum absolute atomic E-state index is 0.121. The zero-order chi connectivity index (χ0) is 19.5. The highest BCUT2D eigenvalue weighted by atomic mass is 16.2. The summed E-state index contributed by atoms with van der Waals surface area (Å²) in [5.41, 5.74) is 5.76.